The van der Waals surface area contributed by atoms with E-state index >= 15 is 0 Å². The van der Waals surface area contributed by atoms with Gasteiger partial charge in [-0.15, -0.1) is 11.3 Å². The Hall–Kier alpha value is -2.59. The zero-order chi connectivity index (χ0) is 16.8. The van der Waals surface area contributed by atoms with Gasteiger partial charge >= 0.3 is 0 Å². The molecule has 3 rings (SSSR count). The van der Waals surface area contributed by atoms with Crippen molar-refractivity contribution in [3.05, 3.63) is 88.1 Å². The molecule has 0 aliphatic rings. The van der Waals surface area contributed by atoms with Crippen molar-refractivity contribution in [1.82, 2.24) is 5.32 Å². The highest BCUT2D eigenvalue weighted by Gasteiger charge is 2.17. The summed E-state index contributed by atoms with van der Waals surface area (Å²) in [6.45, 7) is 2.28. The fourth-order valence-electron chi connectivity index (χ4n) is 2.58. The Morgan fingerprint density at radius 2 is 1.75 bits per heavy atom. The first-order valence-electron chi connectivity index (χ1n) is 7.91. The minimum absolute atomic E-state index is 0.0273. The minimum Gasteiger partial charge on any atom is -0.376 e. The minimum atomic E-state index is -0.114. The molecule has 1 amide bonds. The highest BCUT2D eigenvalue weighted by molar-refractivity contribution is 7.10. The molecule has 0 saturated carbocycles. The van der Waals surface area contributed by atoms with Gasteiger partial charge in [0.2, 0.25) is 5.91 Å². The molecule has 3 aromatic rings. The van der Waals surface area contributed by atoms with Crippen LogP contribution in [0.3, 0.4) is 0 Å². The van der Waals surface area contributed by atoms with E-state index in [1.54, 1.807) is 11.3 Å². The second-order valence-corrected chi connectivity index (χ2v) is 6.57. The SMILES string of the molecule is Cc1ccccc1NCC(=O)N[C@@H](c1ccccc1)c1cccs1. The van der Waals surface area contributed by atoms with Crippen molar-refractivity contribution < 1.29 is 4.79 Å². The van der Waals surface area contributed by atoms with Crippen LogP contribution in [0, 0.1) is 6.92 Å². The van der Waals surface area contributed by atoms with Crippen molar-refractivity contribution in [3.63, 3.8) is 0 Å². The molecule has 0 bridgehead atoms. The average molecular weight is 336 g/mol. The van der Waals surface area contributed by atoms with Gasteiger partial charge in [-0.1, -0.05) is 54.6 Å². The summed E-state index contributed by atoms with van der Waals surface area (Å²) in [6.07, 6.45) is 0. The van der Waals surface area contributed by atoms with Gasteiger partial charge in [0.1, 0.15) is 0 Å². The van der Waals surface area contributed by atoms with Gasteiger partial charge in [-0.3, -0.25) is 4.79 Å². The summed E-state index contributed by atoms with van der Waals surface area (Å²) in [5.74, 6) is -0.0273. The van der Waals surface area contributed by atoms with Crippen LogP contribution in [0.1, 0.15) is 22.0 Å². The van der Waals surface area contributed by atoms with E-state index in [2.05, 4.69) is 16.7 Å². The molecule has 0 spiro atoms. The molecule has 0 radical (unpaired) electrons. The van der Waals surface area contributed by atoms with Gasteiger partial charge in [0.25, 0.3) is 0 Å². The predicted octanol–water partition coefficient (Wildman–Crippen LogP) is 4.37. The lowest BCUT2D eigenvalue weighted by Crippen LogP contribution is -2.33. The molecule has 2 N–H and O–H groups in total. The van der Waals surface area contributed by atoms with E-state index in [9.17, 15) is 4.79 Å². The number of aryl methyl sites for hydroxylation is 1. The van der Waals surface area contributed by atoms with Crippen LogP contribution in [0.2, 0.25) is 0 Å². The maximum absolute atomic E-state index is 12.4. The maximum atomic E-state index is 12.4. The number of carbonyl (C=O) groups is 1. The Balaban J connectivity index is 1.69. The number of amides is 1. The van der Waals surface area contributed by atoms with Gasteiger partial charge in [-0.05, 0) is 35.6 Å². The lowest BCUT2D eigenvalue weighted by atomic mass is 10.1. The number of carbonyl (C=O) groups excluding carboxylic acids is 1. The van der Waals surface area contributed by atoms with Crippen LogP contribution < -0.4 is 10.6 Å². The zero-order valence-electron chi connectivity index (χ0n) is 13.5. The fraction of sp³-hybridized carbons (Fsp3) is 0.150. The first kappa shape index (κ1) is 16.3. The van der Waals surface area contributed by atoms with Crippen molar-refractivity contribution in [1.29, 1.82) is 0 Å². The summed E-state index contributed by atoms with van der Waals surface area (Å²) in [5.41, 5.74) is 3.20. The lowest BCUT2D eigenvalue weighted by Gasteiger charge is -2.19. The Kier molecular flexibility index (Phi) is 5.29. The summed E-state index contributed by atoms with van der Waals surface area (Å²) in [4.78, 5) is 13.6. The number of anilines is 1. The van der Waals surface area contributed by atoms with Gasteiger partial charge in [0.15, 0.2) is 0 Å². The largest absolute Gasteiger partial charge is 0.376 e. The summed E-state index contributed by atoms with van der Waals surface area (Å²) >= 11 is 1.65. The Morgan fingerprint density at radius 3 is 2.46 bits per heavy atom. The van der Waals surface area contributed by atoms with Crippen molar-refractivity contribution in [2.75, 3.05) is 11.9 Å². The molecule has 122 valence electrons. The molecule has 0 unspecified atom stereocenters. The van der Waals surface area contributed by atoms with Crippen molar-refractivity contribution in [2.24, 2.45) is 0 Å². The van der Waals surface area contributed by atoms with Gasteiger partial charge in [-0.25, -0.2) is 0 Å². The van der Waals surface area contributed by atoms with Crippen LogP contribution in [0.4, 0.5) is 5.69 Å². The first-order valence-corrected chi connectivity index (χ1v) is 8.79. The zero-order valence-corrected chi connectivity index (χ0v) is 14.3. The van der Waals surface area contributed by atoms with Crippen molar-refractivity contribution in [3.8, 4) is 0 Å². The molecule has 0 fully saturated rings. The highest BCUT2D eigenvalue weighted by atomic mass is 32.1. The van der Waals surface area contributed by atoms with E-state index in [-0.39, 0.29) is 18.5 Å². The highest BCUT2D eigenvalue weighted by Crippen LogP contribution is 2.25. The summed E-state index contributed by atoms with van der Waals surface area (Å²) in [5, 5.41) is 8.37. The van der Waals surface area contributed by atoms with E-state index in [0.717, 1.165) is 21.7 Å². The Labute approximate surface area is 146 Å². The van der Waals surface area contributed by atoms with Crippen LogP contribution >= 0.6 is 11.3 Å². The second kappa shape index (κ2) is 7.79. The van der Waals surface area contributed by atoms with Crippen LogP contribution in [-0.2, 0) is 4.79 Å². The molecule has 4 heteroatoms. The summed E-state index contributed by atoms with van der Waals surface area (Å²) < 4.78 is 0. The normalized spacial score (nSPS) is 11.7. The molecule has 0 aliphatic carbocycles. The number of hydrogen-bond acceptors (Lipinski definition) is 3. The summed E-state index contributed by atoms with van der Waals surface area (Å²) in [6, 6.07) is 22.0. The average Bonchev–Trinajstić information content (AvgIpc) is 3.14. The van der Waals surface area contributed by atoms with Gasteiger partial charge in [-0.2, -0.15) is 0 Å². The molecule has 2 aromatic carbocycles. The van der Waals surface area contributed by atoms with Crippen LogP contribution in [-0.4, -0.2) is 12.5 Å². The van der Waals surface area contributed by atoms with Gasteiger partial charge < -0.3 is 10.6 Å². The van der Waals surface area contributed by atoms with Crippen LogP contribution in [0.15, 0.2) is 72.1 Å². The molecular weight excluding hydrogens is 316 g/mol. The fourth-order valence-corrected chi connectivity index (χ4v) is 3.38. The first-order chi connectivity index (χ1) is 11.7. The second-order valence-electron chi connectivity index (χ2n) is 5.60. The number of thiophene rings is 1. The van der Waals surface area contributed by atoms with E-state index < -0.39 is 0 Å². The standard InChI is InChI=1S/C20H20N2OS/c1-15-8-5-6-11-17(15)21-14-19(23)22-20(18-12-7-13-24-18)16-9-3-2-4-10-16/h2-13,20-21H,14H2,1H3,(H,22,23)/t20-/m0/s1. The van der Waals surface area contributed by atoms with Gasteiger partial charge in [0.05, 0.1) is 12.6 Å². The smallest absolute Gasteiger partial charge is 0.240 e. The Morgan fingerprint density at radius 1 is 1.00 bits per heavy atom. The van der Waals surface area contributed by atoms with Crippen molar-refractivity contribution in [2.45, 2.75) is 13.0 Å². The third kappa shape index (κ3) is 4.03. The van der Waals surface area contributed by atoms with Gasteiger partial charge in [0, 0.05) is 10.6 Å². The van der Waals surface area contributed by atoms with E-state index in [0.29, 0.717) is 0 Å². The Bertz CT molecular complexity index is 784. The summed E-state index contributed by atoms with van der Waals surface area (Å²) in [7, 11) is 0. The molecule has 3 nitrogen and oxygen atoms in total. The quantitative estimate of drug-likeness (QED) is 0.701. The van der Waals surface area contributed by atoms with E-state index in [4.69, 9.17) is 0 Å². The number of nitrogens with one attached hydrogen (secondary N) is 2. The topological polar surface area (TPSA) is 41.1 Å². The van der Waals surface area contributed by atoms with E-state index in [1.165, 1.54) is 0 Å². The third-order valence-electron chi connectivity index (χ3n) is 3.85. The molecular formula is C20H20N2OS. The molecule has 24 heavy (non-hydrogen) atoms. The number of hydrogen-bond donors (Lipinski definition) is 2. The molecule has 1 heterocycles. The molecule has 1 atom stereocenters. The number of benzene rings is 2. The lowest BCUT2D eigenvalue weighted by molar-refractivity contribution is -0.119. The van der Waals surface area contributed by atoms with E-state index in [1.807, 2.05) is 73.0 Å². The third-order valence-corrected chi connectivity index (χ3v) is 4.79. The molecule has 1 aromatic heterocycles. The van der Waals surface area contributed by atoms with Crippen LogP contribution in [0.5, 0.6) is 0 Å². The molecule has 0 aliphatic heterocycles. The number of para-hydroxylation sites is 1. The monoisotopic (exact) mass is 336 g/mol. The van der Waals surface area contributed by atoms with Crippen molar-refractivity contribution >= 4 is 22.9 Å². The van der Waals surface area contributed by atoms with Crippen LogP contribution in [0.25, 0.3) is 0 Å². The maximum Gasteiger partial charge on any atom is 0.240 e. The predicted molar refractivity (Wildman–Crippen MR) is 100 cm³/mol. The molecule has 0 saturated heterocycles. The number of rotatable bonds is 6.